The van der Waals surface area contributed by atoms with Crippen LogP contribution in [0.1, 0.15) is 25.5 Å². The smallest absolute Gasteiger partial charge is 0.0922 e. The van der Waals surface area contributed by atoms with Crippen molar-refractivity contribution in [2.75, 3.05) is 19.7 Å². The minimum atomic E-state index is -0.407. The topological polar surface area (TPSA) is 41.5 Å². The van der Waals surface area contributed by atoms with E-state index >= 15 is 0 Å². The lowest BCUT2D eigenvalue weighted by molar-refractivity contribution is 0.0781. The zero-order chi connectivity index (χ0) is 11.1. The standard InChI is InChI=1S/C11H19NO2S/c1-9(2)14-5-4-12-7-11(13)10-3-6-15-8-10/h3,6,8-9,11-13H,4-5,7H2,1-2H3. The van der Waals surface area contributed by atoms with Crippen LogP contribution in [0, 0.1) is 0 Å². The molecule has 1 aromatic heterocycles. The van der Waals surface area contributed by atoms with Crippen LogP contribution in [0.5, 0.6) is 0 Å². The summed E-state index contributed by atoms with van der Waals surface area (Å²) in [5, 5.41) is 16.8. The highest BCUT2D eigenvalue weighted by atomic mass is 32.1. The van der Waals surface area contributed by atoms with Crippen molar-refractivity contribution in [1.82, 2.24) is 5.32 Å². The quantitative estimate of drug-likeness (QED) is 0.701. The molecule has 0 aromatic carbocycles. The van der Waals surface area contributed by atoms with Crippen LogP contribution in [0.25, 0.3) is 0 Å². The van der Waals surface area contributed by atoms with Crippen molar-refractivity contribution in [2.24, 2.45) is 0 Å². The summed E-state index contributed by atoms with van der Waals surface area (Å²) >= 11 is 1.60. The Balaban J connectivity index is 2.05. The largest absolute Gasteiger partial charge is 0.387 e. The second-order valence-electron chi connectivity index (χ2n) is 3.70. The summed E-state index contributed by atoms with van der Waals surface area (Å²) in [6.45, 7) is 6.08. The number of rotatable bonds is 7. The van der Waals surface area contributed by atoms with Gasteiger partial charge in [-0.2, -0.15) is 11.3 Å². The van der Waals surface area contributed by atoms with Gasteiger partial charge in [0.1, 0.15) is 0 Å². The maximum Gasteiger partial charge on any atom is 0.0922 e. The van der Waals surface area contributed by atoms with Gasteiger partial charge < -0.3 is 15.2 Å². The van der Waals surface area contributed by atoms with Crippen molar-refractivity contribution < 1.29 is 9.84 Å². The van der Waals surface area contributed by atoms with E-state index in [0.29, 0.717) is 13.2 Å². The van der Waals surface area contributed by atoms with Crippen LogP contribution >= 0.6 is 11.3 Å². The van der Waals surface area contributed by atoms with Gasteiger partial charge in [0.25, 0.3) is 0 Å². The molecule has 0 saturated carbocycles. The van der Waals surface area contributed by atoms with E-state index < -0.39 is 6.10 Å². The van der Waals surface area contributed by atoms with Crippen molar-refractivity contribution in [3.05, 3.63) is 22.4 Å². The molecular weight excluding hydrogens is 210 g/mol. The summed E-state index contributed by atoms with van der Waals surface area (Å²) in [6, 6.07) is 1.95. The molecule has 0 aliphatic rings. The summed E-state index contributed by atoms with van der Waals surface area (Å²) in [5.74, 6) is 0. The first-order valence-corrected chi connectivity index (χ1v) is 6.17. The fourth-order valence-electron chi connectivity index (χ4n) is 1.19. The molecule has 1 heterocycles. The molecule has 1 rings (SSSR count). The van der Waals surface area contributed by atoms with Crippen LogP contribution in [0.2, 0.25) is 0 Å². The number of thiophene rings is 1. The van der Waals surface area contributed by atoms with Gasteiger partial charge >= 0.3 is 0 Å². The molecule has 86 valence electrons. The summed E-state index contributed by atoms with van der Waals surface area (Å²) in [6.07, 6.45) is -0.135. The fourth-order valence-corrected chi connectivity index (χ4v) is 1.90. The molecule has 0 radical (unpaired) electrons. The Morgan fingerprint density at radius 2 is 2.33 bits per heavy atom. The van der Waals surface area contributed by atoms with Crippen LogP contribution in [-0.2, 0) is 4.74 Å². The van der Waals surface area contributed by atoms with E-state index in [1.54, 1.807) is 11.3 Å². The molecule has 0 spiro atoms. The first-order chi connectivity index (χ1) is 7.20. The van der Waals surface area contributed by atoms with Gasteiger partial charge in [-0.1, -0.05) is 0 Å². The van der Waals surface area contributed by atoms with Crippen LogP contribution in [0.3, 0.4) is 0 Å². The third-order valence-corrected chi connectivity index (χ3v) is 2.70. The summed E-state index contributed by atoms with van der Waals surface area (Å²) in [7, 11) is 0. The van der Waals surface area contributed by atoms with E-state index in [0.717, 1.165) is 12.1 Å². The molecular formula is C11H19NO2S. The maximum atomic E-state index is 9.72. The van der Waals surface area contributed by atoms with Crippen LogP contribution in [0.15, 0.2) is 16.8 Å². The fraction of sp³-hybridized carbons (Fsp3) is 0.636. The van der Waals surface area contributed by atoms with Crippen molar-refractivity contribution >= 4 is 11.3 Å². The number of hydrogen-bond acceptors (Lipinski definition) is 4. The molecule has 0 amide bonds. The van der Waals surface area contributed by atoms with Gasteiger partial charge in [0, 0.05) is 13.1 Å². The third kappa shape index (κ3) is 5.28. The zero-order valence-corrected chi connectivity index (χ0v) is 10.1. The molecule has 0 bridgehead atoms. The highest BCUT2D eigenvalue weighted by molar-refractivity contribution is 7.07. The lowest BCUT2D eigenvalue weighted by atomic mass is 10.2. The molecule has 0 fully saturated rings. The van der Waals surface area contributed by atoms with Crippen molar-refractivity contribution in [3.8, 4) is 0 Å². The van der Waals surface area contributed by atoms with Crippen LogP contribution in [-0.4, -0.2) is 30.9 Å². The molecule has 0 saturated heterocycles. The molecule has 2 N–H and O–H groups in total. The average Bonchev–Trinajstić information content (AvgIpc) is 2.69. The second-order valence-corrected chi connectivity index (χ2v) is 4.48. The predicted molar refractivity (Wildman–Crippen MR) is 63.2 cm³/mol. The number of aliphatic hydroxyl groups is 1. The van der Waals surface area contributed by atoms with E-state index in [1.165, 1.54) is 0 Å². The third-order valence-electron chi connectivity index (χ3n) is 2.00. The Kier molecular flexibility index (Phi) is 5.86. The summed E-state index contributed by atoms with van der Waals surface area (Å²) < 4.78 is 5.37. The van der Waals surface area contributed by atoms with Crippen molar-refractivity contribution in [1.29, 1.82) is 0 Å². The van der Waals surface area contributed by atoms with Gasteiger partial charge in [0.15, 0.2) is 0 Å². The molecule has 4 heteroatoms. The lowest BCUT2D eigenvalue weighted by Gasteiger charge is -2.11. The van der Waals surface area contributed by atoms with Crippen LogP contribution < -0.4 is 5.32 Å². The van der Waals surface area contributed by atoms with Crippen molar-refractivity contribution in [3.63, 3.8) is 0 Å². The molecule has 3 nitrogen and oxygen atoms in total. The average molecular weight is 229 g/mol. The zero-order valence-electron chi connectivity index (χ0n) is 9.27. The number of aliphatic hydroxyl groups excluding tert-OH is 1. The number of hydrogen-bond donors (Lipinski definition) is 2. The van der Waals surface area contributed by atoms with Gasteiger partial charge in [-0.05, 0) is 36.2 Å². The van der Waals surface area contributed by atoms with Gasteiger partial charge in [-0.25, -0.2) is 0 Å². The predicted octanol–water partition coefficient (Wildman–Crippen LogP) is 1.80. The van der Waals surface area contributed by atoms with E-state index in [1.807, 2.05) is 30.7 Å². The van der Waals surface area contributed by atoms with Crippen LogP contribution in [0.4, 0.5) is 0 Å². The highest BCUT2D eigenvalue weighted by Gasteiger charge is 2.06. The monoisotopic (exact) mass is 229 g/mol. The number of nitrogens with one attached hydrogen (secondary N) is 1. The second kappa shape index (κ2) is 6.95. The Labute approximate surface area is 95.1 Å². The van der Waals surface area contributed by atoms with Gasteiger partial charge in [0.2, 0.25) is 0 Å². The SMILES string of the molecule is CC(C)OCCNCC(O)c1ccsc1. The molecule has 0 aliphatic carbocycles. The van der Waals surface area contributed by atoms with Gasteiger partial charge in [-0.15, -0.1) is 0 Å². The van der Waals surface area contributed by atoms with E-state index in [2.05, 4.69) is 5.32 Å². The lowest BCUT2D eigenvalue weighted by Crippen LogP contribution is -2.26. The van der Waals surface area contributed by atoms with E-state index in [4.69, 9.17) is 4.74 Å². The summed E-state index contributed by atoms with van der Waals surface area (Å²) in [5.41, 5.74) is 0.984. The molecule has 1 aromatic rings. The number of ether oxygens (including phenoxy) is 1. The first kappa shape index (κ1) is 12.6. The van der Waals surface area contributed by atoms with Crippen molar-refractivity contribution in [2.45, 2.75) is 26.1 Å². The Morgan fingerprint density at radius 3 is 2.93 bits per heavy atom. The van der Waals surface area contributed by atoms with Gasteiger partial charge in [-0.3, -0.25) is 0 Å². The van der Waals surface area contributed by atoms with Gasteiger partial charge in [0.05, 0.1) is 18.8 Å². The normalized spacial score (nSPS) is 13.3. The Morgan fingerprint density at radius 1 is 1.53 bits per heavy atom. The molecule has 1 unspecified atom stereocenters. The van der Waals surface area contributed by atoms with E-state index in [9.17, 15) is 5.11 Å². The Bertz CT molecular complexity index is 249. The first-order valence-electron chi connectivity index (χ1n) is 5.22. The molecule has 1 atom stereocenters. The minimum Gasteiger partial charge on any atom is -0.387 e. The molecule has 15 heavy (non-hydrogen) atoms. The highest BCUT2D eigenvalue weighted by Crippen LogP contribution is 2.14. The maximum absolute atomic E-state index is 9.72. The molecule has 0 aliphatic heterocycles. The van der Waals surface area contributed by atoms with E-state index in [-0.39, 0.29) is 6.10 Å². The Hall–Kier alpha value is -0.420. The summed E-state index contributed by atoms with van der Waals surface area (Å²) in [4.78, 5) is 0. The minimum absolute atomic E-state index is 0.272.